The van der Waals surface area contributed by atoms with Crippen molar-refractivity contribution in [3.63, 3.8) is 0 Å². The third-order valence-electron chi connectivity index (χ3n) is 2.69. The first-order valence-electron chi connectivity index (χ1n) is 6.52. The van der Waals surface area contributed by atoms with Crippen LogP contribution < -0.4 is 5.73 Å². The number of nitrogens with two attached hydrogens (primary N) is 1. The van der Waals surface area contributed by atoms with Crippen molar-refractivity contribution >= 4 is 12.1 Å². The van der Waals surface area contributed by atoms with Crippen LogP contribution in [0.5, 0.6) is 0 Å². The Morgan fingerprint density at radius 3 is 2.60 bits per heavy atom. The van der Waals surface area contributed by atoms with Gasteiger partial charge in [-0.2, -0.15) is 0 Å². The van der Waals surface area contributed by atoms with Gasteiger partial charge < -0.3 is 20.3 Å². The van der Waals surface area contributed by atoms with E-state index in [0.717, 1.165) is 4.90 Å². The highest BCUT2D eigenvalue weighted by Gasteiger charge is 2.32. The van der Waals surface area contributed by atoms with Crippen molar-refractivity contribution in [3.8, 4) is 0 Å². The molecule has 1 unspecified atom stereocenters. The molecule has 0 aromatic heterocycles. The van der Waals surface area contributed by atoms with E-state index in [-0.39, 0.29) is 19.5 Å². The molecule has 0 fully saturated rings. The van der Waals surface area contributed by atoms with E-state index in [0.29, 0.717) is 12.8 Å². The van der Waals surface area contributed by atoms with Crippen LogP contribution in [0.15, 0.2) is 12.7 Å². The number of rotatable bonds is 9. The summed E-state index contributed by atoms with van der Waals surface area (Å²) in [6.45, 7) is 6.73. The van der Waals surface area contributed by atoms with E-state index >= 15 is 0 Å². The van der Waals surface area contributed by atoms with Crippen molar-refractivity contribution in [1.29, 1.82) is 0 Å². The maximum atomic E-state index is 11.8. The predicted molar refractivity (Wildman–Crippen MR) is 73.5 cm³/mol. The van der Waals surface area contributed by atoms with Crippen molar-refractivity contribution in [3.05, 3.63) is 12.7 Å². The van der Waals surface area contributed by atoms with Crippen LogP contribution >= 0.6 is 0 Å². The Bertz CT molecular complexity index is 331. The van der Waals surface area contributed by atoms with Crippen molar-refractivity contribution in [2.24, 2.45) is 5.73 Å². The molecule has 0 radical (unpaired) electrons. The zero-order valence-corrected chi connectivity index (χ0v) is 12.1. The molecule has 0 spiro atoms. The second-order valence-electron chi connectivity index (χ2n) is 4.37. The average Bonchev–Trinajstić information content (AvgIpc) is 2.37. The lowest BCUT2D eigenvalue weighted by Gasteiger charge is -2.35. The summed E-state index contributed by atoms with van der Waals surface area (Å²) in [4.78, 5) is 24.0. The second-order valence-corrected chi connectivity index (χ2v) is 4.37. The van der Waals surface area contributed by atoms with Gasteiger partial charge in [-0.05, 0) is 26.7 Å². The number of ether oxygens (including phenoxy) is 2. The zero-order valence-electron chi connectivity index (χ0n) is 12.1. The molecule has 0 saturated carbocycles. The number of hydrogen-bond acceptors (Lipinski definition) is 6. The number of hydrogen-bond donors (Lipinski definition) is 2. The molecule has 7 heteroatoms. The van der Waals surface area contributed by atoms with Crippen LogP contribution in [0.25, 0.3) is 0 Å². The lowest BCUT2D eigenvalue weighted by Crippen LogP contribution is -2.50. The Kier molecular flexibility index (Phi) is 8.58. The van der Waals surface area contributed by atoms with Gasteiger partial charge >= 0.3 is 12.1 Å². The van der Waals surface area contributed by atoms with Gasteiger partial charge in [-0.1, -0.05) is 6.08 Å². The molecule has 1 atom stereocenters. The Labute approximate surface area is 119 Å². The molecule has 7 nitrogen and oxygen atoms in total. The van der Waals surface area contributed by atoms with Crippen LogP contribution in [0.4, 0.5) is 4.79 Å². The Balaban J connectivity index is 4.33. The molecule has 0 aliphatic carbocycles. The minimum absolute atomic E-state index is 0.0616. The van der Waals surface area contributed by atoms with Crippen LogP contribution in [0.3, 0.4) is 0 Å². The highest BCUT2D eigenvalue weighted by Crippen LogP contribution is 2.19. The fourth-order valence-electron chi connectivity index (χ4n) is 1.59. The van der Waals surface area contributed by atoms with Crippen LogP contribution in [0, 0.1) is 0 Å². The molecule has 0 saturated heterocycles. The summed E-state index contributed by atoms with van der Waals surface area (Å²) < 4.78 is 9.45. The maximum absolute atomic E-state index is 11.8. The topological polar surface area (TPSA) is 102 Å². The van der Waals surface area contributed by atoms with E-state index in [2.05, 4.69) is 11.3 Å². The molecule has 20 heavy (non-hydrogen) atoms. The molecular weight excluding hydrogens is 264 g/mol. The second kappa shape index (κ2) is 9.33. The molecule has 0 rings (SSSR count). The number of carbonyl (C=O) groups excluding carboxylic acids is 2. The smallest absolute Gasteiger partial charge is 0.414 e. The summed E-state index contributed by atoms with van der Waals surface area (Å²) in [5.41, 5.74) is 3.83. The van der Waals surface area contributed by atoms with Gasteiger partial charge in [-0.25, -0.2) is 4.79 Å². The Morgan fingerprint density at radius 1 is 1.45 bits per heavy atom. The van der Waals surface area contributed by atoms with E-state index in [4.69, 9.17) is 10.5 Å². The molecule has 0 aromatic carbocycles. The summed E-state index contributed by atoms with van der Waals surface area (Å²) in [6.07, 6.45) is 1.87. The first-order valence-corrected chi connectivity index (χ1v) is 6.52. The summed E-state index contributed by atoms with van der Waals surface area (Å²) in [7, 11) is 0. The number of esters is 1. The van der Waals surface area contributed by atoms with Crippen LogP contribution in [-0.4, -0.2) is 47.7 Å². The minimum atomic E-state index is -1.35. The van der Waals surface area contributed by atoms with E-state index in [9.17, 15) is 14.7 Å². The van der Waals surface area contributed by atoms with Gasteiger partial charge in [0.2, 0.25) is 6.79 Å². The largest absolute Gasteiger partial charge is 0.428 e. The van der Waals surface area contributed by atoms with E-state index < -0.39 is 24.6 Å². The zero-order chi connectivity index (χ0) is 15.6. The van der Waals surface area contributed by atoms with Crippen LogP contribution in [0.1, 0.15) is 33.1 Å². The summed E-state index contributed by atoms with van der Waals surface area (Å²) in [5.74, 6) is -0.540. The van der Waals surface area contributed by atoms with Crippen molar-refractivity contribution in [2.45, 2.75) is 38.8 Å². The Morgan fingerprint density at radius 2 is 2.10 bits per heavy atom. The molecule has 0 aromatic rings. The number of allylic oxidation sites excluding steroid dienone is 1. The number of nitrogens with zero attached hydrogens (tertiary/aromatic N) is 1. The number of aliphatic hydroxyl groups is 1. The third kappa shape index (κ3) is 6.53. The Hall–Kier alpha value is -1.60. The first-order chi connectivity index (χ1) is 9.38. The molecular formula is C13H24N2O5. The predicted octanol–water partition coefficient (Wildman–Crippen LogP) is 0.969. The monoisotopic (exact) mass is 288 g/mol. The van der Waals surface area contributed by atoms with Gasteiger partial charge in [-0.3, -0.25) is 9.69 Å². The van der Waals surface area contributed by atoms with Crippen molar-refractivity contribution in [1.82, 2.24) is 4.90 Å². The van der Waals surface area contributed by atoms with Gasteiger partial charge in [0.15, 0.2) is 0 Å². The molecule has 0 bridgehead atoms. The first kappa shape index (κ1) is 18.4. The molecule has 0 aliphatic heterocycles. The van der Waals surface area contributed by atoms with Gasteiger partial charge in [-0.15, -0.1) is 6.58 Å². The molecule has 0 aliphatic rings. The molecule has 0 heterocycles. The van der Waals surface area contributed by atoms with E-state index in [1.54, 1.807) is 13.0 Å². The molecule has 3 N–H and O–H groups in total. The lowest BCUT2D eigenvalue weighted by molar-refractivity contribution is -0.154. The summed E-state index contributed by atoms with van der Waals surface area (Å²) in [6, 6.07) is 0. The fourth-order valence-corrected chi connectivity index (χ4v) is 1.59. The summed E-state index contributed by atoms with van der Waals surface area (Å²) >= 11 is 0. The van der Waals surface area contributed by atoms with Crippen LogP contribution in [0.2, 0.25) is 0 Å². The highest BCUT2D eigenvalue weighted by atomic mass is 16.7. The summed E-state index contributed by atoms with van der Waals surface area (Å²) in [5, 5.41) is 10.2. The third-order valence-corrected chi connectivity index (χ3v) is 2.69. The maximum Gasteiger partial charge on any atom is 0.414 e. The quantitative estimate of drug-likeness (QED) is 0.372. The van der Waals surface area contributed by atoms with Crippen LogP contribution in [-0.2, 0) is 14.3 Å². The van der Waals surface area contributed by atoms with Gasteiger partial charge in [0, 0.05) is 13.1 Å². The van der Waals surface area contributed by atoms with Gasteiger partial charge in [0.25, 0.3) is 0 Å². The fraction of sp³-hybridized carbons (Fsp3) is 0.692. The standard InChI is InChI=1S/C13H24N2O5/c1-4-6-8-13(3,18)15(5-2)12(17)20-10-19-11(16)7-9-14/h4,18H,1,5-10,14H2,2-3H3. The lowest BCUT2D eigenvalue weighted by atomic mass is 10.1. The average molecular weight is 288 g/mol. The SMILES string of the molecule is C=CCCC(C)(O)N(CC)C(=O)OCOC(=O)CCN. The minimum Gasteiger partial charge on any atom is -0.428 e. The van der Waals surface area contributed by atoms with E-state index in [1.165, 1.54) is 6.92 Å². The van der Waals surface area contributed by atoms with E-state index in [1.807, 2.05) is 0 Å². The van der Waals surface area contributed by atoms with Gasteiger partial charge in [0.05, 0.1) is 6.42 Å². The number of amides is 1. The number of carbonyl (C=O) groups is 2. The van der Waals surface area contributed by atoms with Crippen molar-refractivity contribution in [2.75, 3.05) is 19.9 Å². The molecule has 116 valence electrons. The van der Waals surface area contributed by atoms with Gasteiger partial charge in [0.1, 0.15) is 5.72 Å². The normalized spacial score (nSPS) is 13.2. The molecule has 1 amide bonds. The highest BCUT2D eigenvalue weighted by molar-refractivity contribution is 5.70. The van der Waals surface area contributed by atoms with Crippen molar-refractivity contribution < 1.29 is 24.2 Å².